The van der Waals surface area contributed by atoms with Gasteiger partial charge in [0.15, 0.2) is 0 Å². The van der Waals surface area contributed by atoms with Gasteiger partial charge in [0.2, 0.25) is 17.2 Å². The lowest BCUT2D eigenvalue weighted by Gasteiger charge is -2.28. The predicted octanol–water partition coefficient (Wildman–Crippen LogP) is 1.48. The Kier molecular flexibility index (Phi) is 4.21. The van der Waals surface area contributed by atoms with Gasteiger partial charge in [-0.25, -0.2) is 0 Å². The lowest BCUT2D eigenvalue weighted by atomic mass is 10.1. The number of hydrogen-bond acceptors (Lipinski definition) is 6. The molecule has 7 heteroatoms. The van der Waals surface area contributed by atoms with Crippen LogP contribution in [0.5, 0.6) is 0 Å². The van der Waals surface area contributed by atoms with Gasteiger partial charge < -0.3 is 14.9 Å². The first-order chi connectivity index (χ1) is 9.78. The van der Waals surface area contributed by atoms with Gasteiger partial charge in [-0.2, -0.15) is 15.0 Å². The molecule has 0 bridgehead atoms. The van der Waals surface area contributed by atoms with E-state index in [-0.39, 0.29) is 17.9 Å². The largest absolute Gasteiger partial charge is 0.394 e. The van der Waals surface area contributed by atoms with Crippen molar-refractivity contribution >= 4 is 23.5 Å². The third-order valence-electron chi connectivity index (χ3n) is 4.07. The Morgan fingerprint density at radius 3 is 2.50 bits per heavy atom. The van der Waals surface area contributed by atoms with Crippen molar-refractivity contribution in [2.75, 3.05) is 36.0 Å². The van der Waals surface area contributed by atoms with E-state index in [0.29, 0.717) is 11.9 Å². The van der Waals surface area contributed by atoms with Gasteiger partial charge in [0.1, 0.15) is 0 Å². The van der Waals surface area contributed by atoms with E-state index < -0.39 is 0 Å². The first-order valence-corrected chi connectivity index (χ1v) is 7.70. The summed E-state index contributed by atoms with van der Waals surface area (Å²) in [6.07, 6.45) is 5.62. The van der Waals surface area contributed by atoms with Gasteiger partial charge in [-0.05, 0) is 43.7 Å². The minimum Gasteiger partial charge on any atom is -0.394 e. The van der Waals surface area contributed by atoms with E-state index in [0.717, 1.165) is 32.5 Å². The molecule has 2 saturated heterocycles. The van der Waals surface area contributed by atoms with E-state index in [4.69, 9.17) is 11.6 Å². The van der Waals surface area contributed by atoms with Crippen molar-refractivity contribution in [1.29, 1.82) is 0 Å². The Morgan fingerprint density at radius 1 is 1.00 bits per heavy atom. The maximum Gasteiger partial charge on any atom is 0.231 e. The minimum absolute atomic E-state index is 0.0997. The van der Waals surface area contributed by atoms with Gasteiger partial charge in [0.05, 0.1) is 12.6 Å². The highest BCUT2D eigenvalue weighted by Gasteiger charge is 2.27. The van der Waals surface area contributed by atoms with Crippen LogP contribution in [-0.2, 0) is 0 Å². The summed E-state index contributed by atoms with van der Waals surface area (Å²) in [7, 11) is 0. The highest BCUT2D eigenvalue weighted by atomic mass is 35.5. The molecule has 20 heavy (non-hydrogen) atoms. The summed E-state index contributed by atoms with van der Waals surface area (Å²) in [5.74, 6) is 1.27. The van der Waals surface area contributed by atoms with E-state index in [1.165, 1.54) is 19.3 Å². The van der Waals surface area contributed by atoms with Crippen molar-refractivity contribution in [3.8, 4) is 0 Å². The zero-order valence-corrected chi connectivity index (χ0v) is 12.3. The van der Waals surface area contributed by atoms with Crippen LogP contribution >= 0.6 is 11.6 Å². The number of hydrogen-bond donors (Lipinski definition) is 1. The van der Waals surface area contributed by atoms with Gasteiger partial charge in [0.25, 0.3) is 0 Å². The summed E-state index contributed by atoms with van der Waals surface area (Å²) in [5.41, 5.74) is 0. The molecule has 0 saturated carbocycles. The molecule has 0 radical (unpaired) electrons. The fraction of sp³-hybridized carbons (Fsp3) is 0.769. The molecule has 110 valence electrons. The average molecular weight is 298 g/mol. The van der Waals surface area contributed by atoms with E-state index in [1.54, 1.807) is 0 Å². The normalized spacial score (nSPS) is 23.4. The van der Waals surface area contributed by atoms with Crippen LogP contribution in [0, 0.1) is 0 Å². The zero-order valence-electron chi connectivity index (χ0n) is 11.5. The zero-order chi connectivity index (χ0) is 13.9. The topological polar surface area (TPSA) is 65.4 Å². The van der Waals surface area contributed by atoms with Crippen LogP contribution < -0.4 is 9.80 Å². The maximum absolute atomic E-state index is 9.43. The first kappa shape index (κ1) is 13.8. The van der Waals surface area contributed by atoms with Gasteiger partial charge in [-0.3, -0.25) is 0 Å². The number of aromatic nitrogens is 3. The monoisotopic (exact) mass is 297 g/mol. The Morgan fingerprint density at radius 2 is 1.75 bits per heavy atom. The van der Waals surface area contributed by atoms with Crippen LogP contribution in [0.2, 0.25) is 5.28 Å². The lowest BCUT2D eigenvalue weighted by molar-refractivity contribution is 0.265. The van der Waals surface area contributed by atoms with Gasteiger partial charge >= 0.3 is 0 Å². The Balaban J connectivity index is 1.86. The SMILES string of the molecule is OCC1CCCN1c1nc(Cl)nc(N2CCCCC2)n1. The third kappa shape index (κ3) is 2.81. The van der Waals surface area contributed by atoms with E-state index in [9.17, 15) is 5.11 Å². The number of rotatable bonds is 3. The van der Waals surface area contributed by atoms with Crippen LogP contribution in [-0.4, -0.2) is 52.3 Å². The standard InChI is InChI=1S/C13H20ClN5O/c14-11-15-12(18-6-2-1-3-7-18)17-13(16-11)19-8-4-5-10(19)9-20/h10,20H,1-9H2. The minimum atomic E-state index is 0.0997. The average Bonchev–Trinajstić information content (AvgIpc) is 2.96. The molecule has 3 heterocycles. The van der Waals surface area contributed by atoms with Crippen molar-refractivity contribution in [2.45, 2.75) is 38.1 Å². The summed E-state index contributed by atoms with van der Waals surface area (Å²) in [4.78, 5) is 17.3. The maximum atomic E-state index is 9.43. The molecule has 1 aromatic heterocycles. The molecule has 6 nitrogen and oxygen atoms in total. The second kappa shape index (κ2) is 6.10. The lowest BCUT2D eigenvalue weighted by Crippen LogP contribution is -2.35. The number of aliphatic hydroxyl groups excluding tert-OH is 1. The first-order valence-electron chi connectivity index (χ1n) is 7.32. The summed E-state index contributed by atoms with van der Waals surface area (Å²) in [5, 5.41) is 9.66. The molecule has 3 rings (SSSR count). The van der Waals surface area contributed by atoms with E-state index in [1.807, 2.05) is 4.90 Å². The summed E-state index contributed by atoms with van der Waals surface area (Å²) in [6, 6.07) is 0.0997. The molecular formula is C13H20ClN5O. The van der Waals surface area contributed by atoms with Crippen LogP contribution in [0.3, 0.4) is 0 Å². The Labute approximate surface area is 123 Å². The van der Waals surface area contributed by atoms with Crippen molar-refractivity contribution in [3.63, 3.8) is 0 Å². The third-order valence-corrected chi connectivity index (χ3v) is 4.24. The van der Waals surface area contributed by atoms with E-state index >= 15 is 0 Å². The Hall–Kier alpha value is -1.14. The molecule has 1 N–H and O–H groups in total. The molecule has 1 unspecified atom stereocenters. The summed E-state index contributed by atoms with van der Waals surface area (Å²) < 4.78 is 0. The molecule has 2 fully saturated rings. The van der Waals surface area contributed by atoms with Crippen LogP contribution in [0.4, 0.5) is 11.9 Å². The molecule has 2 aliphatic rings. The molecule has 0 aliphatic carbocycles. The van der Waals surface area contributed by atoms with Gasteiger partial charge in [-0.1, -0.05) is 0 Å². The number of anilines is 2. The number of nitrogens with zero attached hydrogens (tertiary/aromatic N) is 5. The van der Waals surface area contributed by atoms with Crippen molar-refractivity contribution in [1.82, 2.24) is 15.0 Å². The number of aliphatic hydroxyl groups is 1. The molecule has 0 spiro atoms. The van der Waals surface area contributed by atoms with Crippen LogP contribution in [0.15, 0.2) is 0 Å². The molecule has 1 atom stereocenters. The molecule has 1 aromatic rings. The highest BCUT2D eigenvalue weighted by Crippen LogP contribution is 2.25. The fourth-order valence-electron chi connectivity index (χ4n) is 2.98. The molecule has 0 amide bonds. The summed E-state index contributed by atoms with van der Waals surface area (Å²) in [6.45, 7) is 2.94. The second-order valence-corrected chi connectivity index (χ2v) is 5.76. The molecule has 0 aromatic carbocycles. The molecule has 2 aliphatic heterocycles. The smallest absolute Gasteiger partial charge is 0.231 e. The van der Waals surface area contributed by atoms with Crippen LogP contribution in [0.25, 0.3) is 0 Å². The van der Waals surface area contributed by atoms with Crippen molar-refractivity contribution < 1.29 is 5.11 Å². The quantitative estimate of drug-likeness (QED) is 0.911. The van der Waals surface area contributed by atoms with Crippen molar-refractivity contribution in [3.05, 3.63) is 5.28 Å². The second-order valence-electron chi connectivity index (χ2n) is 5.42. The predicted molar refractivity (Wildman–Crippen MR) is 78.4 cm³/mol. The van der Waals surface area contributed by atoms with Crippen molar-refractivity contribution in [2.24, 2.45) is 0 Å². The van der Waals surface area contributed by atoms with E-state index in [2.05, 4.69) is 19.9 Å². The Bertz CT molecular complexity index is 466. The van der Waals surface area contributed by atoms with Crippen LogP contribution in [0.1, 0.15) is 32.1 Å². The fourth-order valence-corrected chi connectivity index (χ4v) is 3.13. The van der Waals surface area contributed by atoms with Gasteiger partial charge in [0, 0.05) is 19.6 Å². The summed E-state index contributed by atoms with van der Waals surface area (Å²) >= 11 is 6.06. The molecular weight excluding hydrogens is 278 g/mol. The number of piperidine rings is 1. The highest BCUT2D eigenvalue weighted by molar-refractivity contribution is 6.28. The van der Waals surface area contributed by atoms with Gasteiger partial charge in [-0.15, -0.1) is 0 Å². The number of halogens is 1.